The number of hydrogen-bond acceptors (Lipinski definition) is 4. The maximum absolute atomic E-state index is 13.0. The molecule has 29 heavy (non-hydrogen) atoms. The van der Waals surface area contributed by atoms with Crippen LogP contribution in [0.4, 0.5) is 0 Å². The van der Waals surface area contributed by atoms with Crippen LogP contribution in [0.2, 0.25) is 0 Å². The van der Waals surface area contributed by atoms with E-state index in [1.54, 1.807) is 13.3 Å². The third kappa shape index (κ3) is 3.76. The van der Waals surface area contributed by atoms with E-state index in [4.69, 9.17) is 4.74 Å². The van der Waals surface area contributed by atoms with Gasteiger partial charge in [0.25, 0.3) is 5.91 Å². The van der Waals surface area contributed by atoms with Gasteiger partial charge in [0.2, 0.25) is 0 Å². The van der Waals surface area contributed by atoms with Crippen LogP contribution >= 0.6 is 0 Å². The summed E-state index contributed by atoms with van der Waals surface area (Å²) in [7, 11) is 1.73. The second-order valence-electron chi connectivity index (χ2n) is 8.38. The average Bonchev–Trinajstić information content (AvgIpc) is 2.75. The molecule has 2 atom stereocenters. The third-order valence-corrected chi connectivity index (χ3v) is 6.75. The van der Waals surface area contributed by atoms with Crippen LogP contribution in [0.25, 0.3) is 0 Å². The number of pyridine rings is 1. The normalized spacial score (nSPS) is 22.3. The van der Waals surface area contributed by atoms with Crippen molar-refractivity contribution in [3.8, 4) is 5.75 Å². The Kier molecular flexibility index (Phi) is 5.59. The maximum atomic E-state index is 13.0. The zero-order valence-corrected chi connectivity index (χ0v) is 17.9. The second-order valence-corrected chi connectivity index (χ2v) is 8.38. The Hall–Kier alpha value is -2.40. The van der Waals surface area contributed by atoms with E-state index in [0.717, 1.165) is 37.5 Å². The van der Waals surface area contributed by atoms with E-state index in [9.17, 15) is 4.79 Å². The summed E-state index contributed by atoms with van der Waals surface area (Å²) in [5.41, 5.74) is 5.60. The average molecular weight is 394 g/mol. The van der Waals surface area contributed by atoms with Gasteiger partial charge in [-0.05, 0) is 74.9 Å². The number of piperazine rings is 1. The first-order valence-electron chi connectivity index (χ1n) is 10.6. The number of aryl methyl sites for hydroxylation is 1. The number of carbonyl (C=O) groups excluding carboxylic acids is 1. The van der Waals surface area contributed by atoms with Gasteiger partial charge in [-0.3, -0.25) is 14.7 Å². The van der Waals surface area contributed by atoms with Gasteiger partial charge in [0, 0.05) is 43.6 Å². The molecule has 0 radical (unpaired) electrons. The van der Waals surface area contributed by atoms with Gasteiger partial charge in [-0.2, -0.15) is 0 Å². The van der Waals surface area contributed by atoms with Crippen LogP contribution in [0.5, 0.6) is 5.75 Å². The molecule has 0 bridgehead atoms. The Labute approximate surface area is 173 Å². The fourth-order valence-electron chi connectivity index (χ4n) is 4.94. The highest BCUT2D eigenvalue weighted by atomic mass is 16.5. The first-order valence-corrected chi connectivity index (χ1v) is 10.6. The van der Waals surface area contributed by atoms with Gasteiger partial charge in [0.05, 0.1) is 12.7 Å². The Balaban J connectivity index is 1.52. The van der Waals surface area contributed by atoms with Crippen LogP contribution in [0, 0.1) is 20.8 Å². The SMILES string of the molecule is COc1ccc([C@H]2CCC[C@H]3CN(C(=O)c4ccc(C)nc4)CCN32)c(C)c1C. The van der Waals surface area contributed by atoms with Gasteiger partial charge in [-0.1, -0.05) is 6.07 Å². The number of ether oxygens (including phenoxy) is 1. The molecule has 3 heterocycles. The van der Waals surface area contributed by atoms with Crippen LogP contribution < -0.4 is 4.74 Å². The van der Waals surface area contributed by atoms with Crippen molar-refractivity contribution < 1.29 is 9.53 Å². The van der Waals surface area contributed by atoms with Crippen molar-refractivity contribution in [2.24, 2.45) is 0 Å². The number of amides is 1. The number of fused-ring (bicyclic) bond motifs is 1. The van der Waals surface area contributed by atoms with Gasteiger partial charge in [0.15, 0.2) is 0 Å². The molecule has 2 aliphatic rings. The van der Waals surface area contributed by atoms with Crippen molar-refractivity contribution >= 4 is 5.91 Å². The number of aromatic nitrogens is 1. The number of rotatable bonds is 3. The molecule has 2 aliphatic heterocycles. The van der Waals surface area contributed by atoms with Crippen LogP contribution in [0.15, 0.2) is 30.5 Å². The zero-order chi connectivity index (χ0) is 20.5. The quantitative estimate of drug-likeness (QED) is 0.789. The van der Waals surface area contributed by atoms with Gasteiger partial charge < -0.3 is 9.64 Å². The fourth-order valence-corrected chi connectivity index (χ4v) is 4.94. The first kappa shape index (κ1) is 19.9. The number of hydrogen-bond donors (Lipinski definition) is 0. The van der Waals surface area contributed by atoms with Gasteiger partial charge in [-0.15, -0.1) is 0 Å². The molecular formula is C24H31N3O2. The highest BCUT2D eigenvalue weighted by Crippen LogP contribution is 2.39. The van der Waals surface area contributed by atoms with E-state index in [-0.39, 0.29) is 5.91 Å². The number of carbonyl (C=O) groups is 1. The molecule has 0 spiro atoms. The Morgan fingerprint density at radius 3 is 2.62 bits per heavy atom. The van der Waals surface area contributed by atoms with Crippen LogP contribution in [0.1, 0.15) is 58.0 Å². The Bertz CT molecular complexity index is 894. The lowest BCUT2D eigenvalue weighted by Crippen LogP contribution is -2.57. The minimum atomic E-state index is 0.107. The molecule has 0 aliphatic carbocycles. The van der Waals surface area contributed by atoms with Crippen molar-refractivity contribution in [3.05, 3.63) is 58.4 Å². The maximum Gasteiger partial charge on any atom is 0.255 e. The highest BCUT2D eigenvalue weighted by Gasteiger charge is 2.37. The number of nitrogens with zero attached hydrogens (tertiary/aromatic N) is 3. The molecule has 4 rings (SSSR count). The number of benzene rings is 1. The Morgan fingerprint density at radius 1 is 1.07 bits per heavy atom. The Morgan fingerprint density at radius 2 is 1.90 bits per heavy atom. The lowest BCUT2D eigenvalue weighted by Gasteiger charge is -2.48. The standard InChI is InChI=1S/C24H31N3O2/c1-16-8-9-19(14-25-16)24(28)26-12-13-27-20(15-26)6-5-7-22(27)21-10-11-23(29-4)18(3)17(21)2/h8-11,14,20,22H,5-7,12-13,15H2,1-4H3/t20-,22+/m0/s1. The summed E-state index contributed by atoms with van der Waals surface area (Å²) < 4.78 is 5.50. The third-order valence-electron chi connectivity index (χ3n) is 6.75. The fraction of sp³-hybridized carbons (Fsp3) is 0.500. The van der Waals surface area contributed by atoms with Crippen LogP contribution in [-0.2, 0) is 0 Å². The second kappa shape index (κ2) is 8.15. The van der Waals surface area contributed by atoms with E-state index in [1.165, 1.54) is 29.5 Å². The molecule has 0 N–H and O–H groups in total. The van der Waals surface area contributed by atoms with Gasteiger partial charge in [-0.25, -0.2) is 0 Å². The van der Waals surface area contributed by atoms with Crippen molar-refractivity contribution in [2.45, 2.75) is 52.1 Å². The monoisotopic (exact) mass is 393 g/mol. The van der Waals surface area contributed by atoms with Gasteiger partial charge >= 0.3 is 0 Å². The number of methoxy groups -OCH3 is 1. The minimum absolute atomic E-state index is 0.107. The van der Waals surface area contributed by atoms with Gasteiger partial charge in [0.1, 0.15) is 5.75 Å². The van der Waals surface area contributed by atoms with Crippen molar-refractivity contribution in [1.29, 1.82) is 0 Å². The highest BCUT2D eigenvalue weighted by molar-refractivity contribution is 5.94. The largest absolute Gasteiger partial charge is 0.496 e. The predicted molar refractivity (Wildman–Crippen MR) is 114 cm³/mol. The van der Waals surface area contributed by atoms with Crippen molar-refractivity contribution in [1.82, 2.24) is 14.8 Å². The molecule has 0 saturated carbocycles. The van der Waals surface area contributed by atoms with Crippen LogP contribution in [-0.4, -0.2) is 53.5 Å². The zero-order valence-electron chi connectivity index (χ0n) is 17.9. The molecule has 5 nitrogen and oxygen atoms in total. The molecule has 1 aromatic heterocycles. The van der Waals surface area contributed by atoms with E-state index >= 15 is 0 Å². The molecular weight excluding hydrogens is 362 g/mol. The summed E-state index contributed by atoms with van der Waals surface area (Å²) in [6, 6.07) is 9.00. The topological polar surface area (TPSA) is 45.7 Å². The molecule has 0 unspecified atom stereocenters. The molecule has 1 amide bonds. The van der Waals surface area contributed by atoms with E-state index < -0.39 is 0 Å². The summed E-state index contributed by atoms with van der Waals surface area (Å²) in [5, 5.41) is 0. The lowest BCUT2D eigenvalue weighted by molar-refractivity contribution is 0.0101. The molecule has 2 fully saturated rings. The first-order chi connectivity index (χ1) is 14.0. The van der Waals surface area contributed by atoms with Crippen molar-refractivity contribution in [3.63, 3.8) is 0 Å². The lowest BCUT2D eigenvalue weighted by atomic mass is 9.86. The summed E-state index contributed by atoms with van der Waals surface area (Å²) in [4.78, 5) is 21.9. The molecule has 154 valence electrons. The van der Waals surface area contributed by atoms with E-state index in [0.29, 0.717) is 17.6 Å². The molecule has 1 aromatic carbocycles. The minimum Gasteiger partial charge on any atom is -0.496 e. The summed E-state index contributed by atoms with van der Waals surface area (Å²) in [5.74, 6) is 1.07. The van der Waals surface area contributed by atoms with E-state index in [1.807, 2.05) is 24.0 Å². The smallest absolute Gasteiger partial charge is 0.255 e. The molecule has 5 heteroatoms. The molecule has 2 aromatic rings. The summed E-state index contributed by atoms with van der Waals surface area (Å²) in [6.07, 6.45) is 5.24. The van der Waals surface area contributed by atoms with Crippen LogP contribution in [0.3, 0.4) is 0 Å². The van der Waals surface area contributed by atoms with E-state index in [2.05, 4.69) is 35.9 Å². The summed E-state index contributed by atoms with van der Waals surface area (Å²) in [6.45, 7) is 8.79. The number of piperidine rings is 1. The predicted octanol–water partition coefficient (Wildman–Crippen LogP) is 4.07. The van der Waals surface area contributed by atoms with Crippen molar-refractivity contribution in [2.75, 3.05) is 26.7 Å². The molecule has 2 saturated heterocycles. The summed E-state index contributed by atoms with van der Waals surface area (Å²) >= 11 is 0.